The van der Waals surface area contributed by atoms with E-state index in [0.29, 0.717) is 11.5 Å². The summed E-state index contributed by atoms with van der Waals surface area (Å²) in [5, 5.41) is 18.1. The van der Waals surface area contributed by atoms with Gasteiger partial charge in [-0.15, -0.1) is 0 Å². The van der Waals surface area contributed by atoms with Crippen molar-refractivity contribution in [3.63, 3.8) is 0 Å². The van der Waals surface area contributed by atoms with E-state index in [9.17, 15) is 4.79 Å². The highest BCUT2D eigenvalue weighted by Gasteiger charge is 2.22. The number of unbranched alkanes of at least 4 members (excludes halogenated alkanes) is 2. The van der Waals surface area contributed by atoms with E-state index in [0.717, 1.165) is 5.92 Å². The van der Waals surface area contributed by atoms with Gasteiger partial charge < -0.3 is 4.74 Å². The van der Waals surface area contributed by atoms with Crippen molar-refractivity contribution >= 4 is 5.97 Å². The maximum atomic E-state index is 12.5. The van der Waals surface area contributed by atoms with Gasteiger partial charge in [0.05, 0.1) is 16.7 Å². The number of nitriles is 2. The molecule has 1 fully saturated rings. The molecule has 0 amide bonds. The number of carbonyl (C=O) groups is 1. The molecule has 1 saturated carbocycles. The Morgan fingerprint density at radius 2 is 1.67 bits per heavy atom. The fourth-order valence-electron chi connectivity index (χ4n) is 4.30. The van der Waals surface area contributed by atoms with Crippen LogP contribution in [0.5, 0.6) is 5.75 Å². The van der Waals surface area contributed by atoms with Gasteiger partial charge in [-0.3, -0.25) is 0 Å². The standard InChI is InChI=1S/C26H28N2O2/c1-2-3-4-5-19-6-8-20(9-7-19)21-10-12-22(13-11-21)26(29)30-25-15-14-23(17-27)24(16-25)18-28/h10-16,19-20H,2-9H2,1H3. The molecule has 0 unspecified atom stereocenters. The van der Waals surface area contributed by atoms with Crippen LogP contribution in [0.2, 0.25) is 0 Å². The number of hydrogen-bond donors (Lipinski definition) is 0. The third-order valence-electron chi connectivity index (χ3n) is 6.12. The Morgan fingerprint density at radius 1 is 0.967 bits per heavy atom. The number of benzene rings is 2. The van der Waals surface area contributed by atoms with Gasteiger partial charge in [-0.2, -0.15) is 10.5 Å². The quantitative estimate of drug-likeness (QED) is 0.302. The number of ether oxygens (including phenoxy) is 1. The van der Waals surface area contributed by atoms with Crippen LogP contribution in [0.1, 0.15) is 91.3 Å². The van der Waals surface area contributed by atoms with Crippen LogP contribution in [0.3, 0.4) is 0 Å². The third kappa shape index (κ3) is 5.49. The lowest BCUT2D eigenvalue weighted by Crippen LogP contribution is -2.14. The lowest BCUT2D eigenvalue weighted by atomic mass is 9.77. The van der Waals surface area contributed by atoms with E-state index in [2.05, 4.69) is 6.92 Å². The van der Waals surface area contributed by atoms with Crippen molar-refractivity contribution in [3.8, 4) is 17.9 Å². The summed E-state index contributed by atoms with van der Waals surface area (Å²) in [5.74, 6) is 1.26. The largest absolute Gasteiger partial charge is 0.423 e. The minimum Gasteiger partial charge on any atom is -0.423 e. The van der Waals surface area contributed by atoms with Crippen LogP contribution < -0.4 is 4.74 Å². The van der Waals surface area contributed by atoms with Crippen molar-refractivity contribution in [1.82, 2.24) is 0 Å². The number of rotatable bonds is 7. The van der Waals surface area contributed by atoms with Crippen molar-refractivity contribution in [1.29, 1.82) is 10.5 Å². The Labute approximate surface area is 179 Å². The van der Waals surface area contributed by atoms with Crippen molar-refractivity contribution in [2.45, 2.75) is 64.2 Å². The average Bonchev–Trinajstić information content (AvgIpc) is 2.79. The highest BCUT2D eigenvalue weighted by atomic mass is 16.5. The molecule has 2 aromatic rings. The molecule has 0 saturated heterocycles. The van der Waals surface area contributed by atoms with E-state index in [1.807, 2.05) is 36.4 Å². The van der Waals surface area contributed by atoms with Crippen LogP contribution in [0.25, 0.3) is 0 Å². The molecule has 1 aliphatic rings. The SMILES string of the molecule is CCCCCC1CCC(c2ccc(C(=O)Oc3ccc(C#N)c(C#N)c3)cc2)CC1. The summed E-state index contributed by atoms with van der Waals surface area (Å²) in [7, 11) is 0. The first-order valence-corrected chi connectivity index (χ1v) is 10.9. The maximum absolute atomic E-state index is 12.5. The molecule has 0 aromatic heterocycles. The second-order valence-electron chi connectivity index (χ2n) is 8.16. The molecule has 2 aromatic carbocycles. The van der Waals surface area contributed by atoms with Gasteiger partial charge in [0.2, 0.25) is 0 Å². The highest BCUT2D eigenvalue weighted by Crippen LogP contribution is 2.37. The molecule has 0 radical (unpaired) electrons. The summed E-state index contributed by atoms with van der Waals surface area (Å²) in [6.45, 7) is 2.25. The van der Waals surface area contributed by atoms with Gasteiger partial charge >= 0.3 is 5.97 Å². The Hall–Kier alpha value is -3.11. The molecule has 30 heavy (non-hydrogen) atoms. The van der Waals surface area contributed by atoms with Crippen molar-refractivity contribution < 1.29 is 9.53 Å². The first kappa shape index (κ1) is 21.6. The average molecular weight is 401 g/mol. The van der Waals surface area contributed by atoms with Crippen LogP contribution in [0.15, 0.2) is 42.5 Å². The maximum Gasteiger partial charge on any atom is 0.343 e. The van der Waals surface area contributed by atoms with E-state index in [4.69, 9.17) is 15.3 Å². The van der Waals surface area contributed by atoms with Gasteiger partial charge in [0.25, 0.3) is 0 Å². The van der Waals surface area contributed by atoms with Crippen molar-refractivity contribution in [2.75, 3.05) is 0 Å². The van der Waals surface area contributed by atoms with Gasteiger partial charge in [-0.25, -0.2) is 4.79 Å². The minimum absolute atomic E-state index is 0.198. The van der Waals surface area contributed by atoms with Crippen LogP contribution in [-0.2, 0) is 0 Å². The van der Waals surface area contributed by atoms with Gasteiger partial charge in [0.15, 0.2) is 0 Å². The minimum atomic E-state index is -0.463. The van der Waals surface area contributed by atoms with Crippen LogP contribution in [0, 0.1) is 28.6 Å². The van der Waals surface area contributed by atoms with E-state index >= 15 is 0 Å². The molecular weight excluding hydrogens is 372 g/mol. The molecule has 4 nitrogen and oxygen atoms in total. The molecule has 0 bridgehead atoms. The second kappa shape index (κ2) is 10.6. The number of esters is 1. The molecule has 3 rings (SSSR count). The smallest absolute Gasteiger partial charge is 0.343 e. The molecule has 4 heteroatoms. The number of nitrogens with zero attached hydrogens (tertiary/aromatic N) is 2. The molecule has 0 N–H and O–H groups in total. The summed E-state index contributed by atoms with van der Waals surface area (Å²) in [6.07, 6.45) is 10.4. The predicted molar refractivity (Wildman–Crippen MR) is 116 cm³/mol. The molecule has 0 atom stereocenters. The Morgan fingerprint density at radius 3 is 2.30 bits per heavy atom. The van der Waals surface area contributed by atoms with Crippen LogP contribution >= 0.6 is 0 Å². The Kier molecular flexibility index (Phi) is 7.63. The second-order valence-corrected chi connectivity index (χ2v) is 8.16. The zero-order chi connectivity index (χ0) is 21.3. The molecular formula is C26H28N2O2. The van der Waals surface area contributed by atoms with E-state index in [1.54, 1.807) is 0 Å². The summed E-state index contributed by atoms with van der Waals surface area (Å²) < 4.78 is 5.39. The monoisotopic (exact) mass is 400 g/mol. The summed E-state index contributed by atoms with van der Waals surface area (Å²) in [5.41, 5.74) is 2.24. The highest BCUT2D eigenvalue weighted by molar-refractivity contribution is 5.91. The molecule has 1 aliphatic carbocycles. The fraction of sp³-hybridized carbons (Fsp3) is 0.423. The van der Waals surface area contributed by atoms with Gasteiger partial charge in [-0.1, -0.05) is 44.7 Å². The first-order valence-electron chi connectivity index (χ1n) is 10.9. The summed E-state index contributed by atoms with van der Waals surface area (Å²) in [4.78, 5) is 12.5. The molecule has 0 heterocycles. The van der Waals surface area contributed by atoms with Gasteiger partial charge in [0.1, 0.15) is 17.9 Å². The van der Waals surface area contributed by atoms with E-state index < -0.39 is 5.97 Å². The lowest BCUT2D eigenvalue weighted by molar-refractivity contribution is 0.0734. The van der Waals surface area contributed by atoms with Gasteiger partial charge in [0, 0.05) is 6.07 Å². The molecule has 0 spiro atoms. The molecule has 154 valence electrons. The normalized spacial score (nSPS) is 18.2. The number of hydrogen-bond acceptors (Lipinski definition) is 4. The van der Waals surface area contributed by atoms with E-state index in [-0.39, 0.29) is 16.9 Å². The predicted octanol–water partition coefficient (Wildman–Crippen LogP) is 6.50. The number of carbonyl (C=O) groups excluding carboxylic acids is 1. The van der Waals surface area contributed by atoms with E-state index in [1.165, 1.54) is 75.1 Å². The van der Waals surface area contributed by atoms with Crippen molar-refractivity contribution in [3.05, 3.63) is 64.7 Å². The first-order chi connectivity index (χ1) is 14.6. The Balaban J connectivity index is 1.56. The Bertz CT molecular complexity index is 942. The third-order valence-corrected chi connectivity index (χ3v) is 6.12. The lowest BCUT2D eigenvalue weighted by Gasteiger charge is -2.29. The summed E-state index contributed by atoms with van der Waals surface area (Å²) in [6, 6.07) is 16.1. The van der Waals surface area contributed by atoms with Crippen LogP contribution in [-0.4, -0.2) is 5.97 Å². The zero-order valence-corrected chi connectivity index (χ0v) is 17.6. The summed E-state index contributed by atoms with van der Waals surface area (Å²) >= 11 is 0. The topological polar surface area (TPSA) is 73.9 Å². The van der Waals surface area contributed by atoms with Crippen molar-refractivity contribution in [2.24, 2.45) is 5.92 Å². The zero-order valence-electron chi connectivity index (χ0n) is 17.6. The fourth-order valence-corrected chi connectivity index (χ4v) is 4.30. The van der Waals surface area contributed by atoms with Gasteiger partial charge in [-0.05, 0) is 67.3 Å². The van der Waals surface area contributed by atoms with Crippen LogP contribution in [0.4, 0.5) is 0 Å². The molecule has 0 aliphatic heterocycles.